The second-order valence-electron chi connectivity index (χ2n) is 4.26. The Morgan fingerprint density at radius 1 is 1.40 bits per heavy atom. The largest absolute Gasteiger partial charge is 0.447 e. The molecule has 2 unspecified atom stereocenters. The highest BCUT2D eigenvalue weighted by Crippen LogP contribution is 2.27. The molecule has 0 bridgehead atoms. The van der Waals surface area contributed by atoms with Gasteiger partial charge in [0.05, 0.1) is 6.10 Å². The van der Waals surface area contributed by atoms with Gasteiger partial charge in [-0.1, -0.05) is 12.8 Å². The smallest absolute Gasteiger partial charge is 0.407 e. The van der Waals surface area contributed by atoms with E-state index in [0.29, 0.717) is 11.3 Å². The summed E-state index contributed by atoms with van der Waals surface area (Å²) >= 11 is 1.84. The molecule has 1 amide bonds. The highest BCUT2D eigenvalue weighted by molar-refractivity contribution is 7.99. The zero-order chi connectivity index (χ0) is 11.3. The Labute approximate surface area is 96.3 Å². The number of amides is 1. The minimum atomic E-state index is -0.268. The van der Waals surface area contributed by atoms with E-state index in [1.54, 1.807) is 0 Å². The van der Waals surface area contributed by atoms with Crippen LogP contribution in [0.2, 0.25) is 0 Å². The topological polar surface area (TPSA) is 38.3 Å². The van der Waals surface area contributed by atoms with E-state index in [4.69, 9.17) is 4.74 Å². The molecule has 2 atom stereocenters. The van der Waals surface area contributed by atoms with E-state index in [0.717, 1.165) is 6.42 Å². The van der Waals surface area contributed by atoms with Crippen LogP contribution in [0.5, 0.6) is 0 Å². The number of thioether (sulfide) groups is 1. The number of nitrogens with one attached hydrogen (secondary N) is 1. The van der Waals surface area contributed by atoms with E-state index in [1.807, 2.05) is 25.6 Å². The van der Waals surface area contributed by atoms with Crippen LogP contribution in [0.25, 0.3) is 0 Å². The van der Waals surface area contributed by atoms with Crippen molar-refractivity contribution in [3.63, 3.8) is 0 Å². The highest BCUT2D eigenvalue weighted by atomic mass is 32.2. The van der Waals surface area contributed by atoms with E-state index in [-0.39, 0.29) is 12.2 Å². The van der Waals surface area contributed by atoms with Crippen molar-refractivity contribution >= 4 is 17.9 Å². The maximum absolute atomic E-state index is 11.4. The van der Waals surface area contributed by atoms with Gasteiger partial charge in [-0.25, -0.2) is 4.79 Å². The molecule has 0 aromatic heterocycles. The van der Waals surface area contributed by atoms with Crippen LogP contribution >= 0.6 is 11.8 Å². The number of ether oxygens (including phenoxy) is 1. The molecule has 0 saturated heterocycles. The molecular formula is C11H21NO2S. The molecule has 1 aliphatic rings. The summed E-state index contributed by atoms with van der Waals surface area (Å²) < 4.78 is 5.09. The molecule has 15 heavy (non-hydrogen) atoms. The standard InChI is InChI=1S/C11H21NO2S/c1-8(2)14-11(13)12-9-6-4-5-7-10(9)15-3/h8-10H,4-7H2,1-3H3,(H,12,13). The summed E-state index contributed by atoms with van der Waals surface area (Å²) in [5.41, 5.74) is 0. The lowest BCUT2D eigenvalue weighted by Crippen LogP contribution is -2.44. The minimum Gasteiger partial charge on any atom is -0.447 e. The highest BCUT2D eigenvalue weighted by Gasteiger charge is 2.26. The quantitative estimate of drug-likeness (QED) is 0.811. The maximum atomic E-state index is 11.4. The van der Waals surface area contributed by atoms with Crippen molar-refractivity contribution in [3.05, 3.63) is 0 Å². The zero-order valence-corrected chi connectivity index (χ0v) is 10.6. The summed E-state index contributed by atoms with van der Waals surface area (Å²) in [6.07, 6.45) is 6.58. The van der Waals surface area contributed by atoms with E-state index in [9.17, 15) is 4.79 Å². The van der Waals surface area contributed by atoms with Gasteiger partial charge in [0.25, 0.3) is 0 Å². The fourth-order valence-electron chi connectivity index (χ4n) is 1.94. The van der Waals surface area contributed by atoms with Crippen molar-refractivity contribution in [2.24, 2.45) is 0 Å². The Morgan fingerprint density at radius 3 is 2.67 bits per heavy atom. The number of hydrogen-bond acceptors (Lipinski definition) is 3. The first-order valence-electron chi connectivity index (χ1n) is 5.63. The van der Waals surface area contributed by atoms with E-state index >= 15 is 0 Å². The summed E-state index contributed by atoms with van der Waals surface area (Å²) in [5.74, 6) is 0. The first kappa shape index (κ1) is 12.7. The van der Waals surface area contributed by atoms with Crippen LogP contribution in [-0.4, -0.2) is 29.7 Å². The Hall–Kier alpha value is -0.380. The van der Waals surface area contributed by atoms with Gasteiger partial charge >= 0.3 is 6.09 Å². The molecule has 1 N–H and O–H groups in total. The normalized spacial score (nSPS) is 26.4. The summed E-state index contributed by atoms with van der Waals surface area (Å²) in [6, 6.07) is 0.292. The van der Waals surface area contributed by atoms with Crippen LogP contribution in [0.1, 0.15) is 39.5 Å². The van der Waals surface area contributed by atoms with Gasteiger partial charge in [-0.15, -0.1) is 0 Å². The molecule has 1 rings (SSSR count). The zero-order valence-electron chi connectivity index (χ0n) is 9.79. The van der Waals surface area contributed by atoms with Crippen molar-refractivity contribution in [1.82, 2.24) is 5.32 Å². The van der Waals surface area contributed by atoms with Crippen molar-refractivity contribution < 1.29 is 9.53 Å². The lowest BCUT2D eigenvalue weighted by molar-refractivity contribution is 0.110. The molecule has 0 aromatic carbocycles. The van der Waals surface area contributed by atoms with Gasteiger partial charge in [0.2, 0.25) is 0 Å². The second-order valence-corrected chi connectivity index (χ2v) is 5.34. The van der Waals surface area contributed by atoms with Crippen molar-refractivity contribution in [2.75, 3.05) is 6.26 Å². The Kier molecular flexibility index (Phi) is 5.29. The van der Waals surface area contributed by atoms with Crippen LogP contribution in [0.4, 0.5) is 4.79 Å². The monoisotopic (exact) mass is 231 g/mol. The molecule has 4 heteroatoms. The average molecular weight is 231 g/mol. The van der Waals surface area contributed by atoms with Gasteiger partial charge in [-0.05, 0) is 32.9 Å². The molecular weight excluding hydrogens is 210 g/mol. The third-order valence-corrected chi connectivity index (χ3v) is 3.82. The molecule has 1 fully saturated rings. The van der Waals surface area contributed by atoms with Gasteiger partial charge in [-0.2, -0.15) is 11.8 Å². The van der Waals surface area contributed by atoms with E-state index < -0.39 is 0 Å². The average Bonchev–Trinajstić information content (AvgIpc) is 2.17. The van der Waals surface area contributed by atoms with Gasteiger partial charge in [0.1, 0.15) is 0 Å². The Morgan fingerprint density at radius 2 is 2.07 bits per heavy atom. The molecule has 88 valence electrons. The Balaban J connectivity index is 2.37. The summed E-state index contributed by atoms with van der Waals surface area (Å²) in [6.45, 7) is 3.74. The summed E-state index contributed by atoms with van der Waals surface area (Å²) in [4.78, 5) is 11.4. The molecule has 0 spiro atoms. The van der Waals surface area contributed by atoms with Crippen LogP contribution in [0.3, 0.4) is 0 Å². The predicted octanol–water partition coefficient (Wildman–Crippen LogP) is 2.80. The van der Waals surface area contributed by atoms with Crippen molar-refractivity contribution in [2.45, 2.75) is 56.9 Å². The number of hydrogen-bond donors (Lipinski definition) is 1. The molecule has 0 aliphatic heterocycles. The first-order chi connectivity index (χ1) is 7.13. The summed E-state index contributed by atoms with van der Waals surface area (Å²) in [5, 5.41) is 3.52. The van der Waals surface area contributed by atoms with Gasteiger partial charge < -0.3 is 10.1 Å². The van der Waals surface area contributed by atoms with Crippen molar-refractivity contribution in [3.8, 4) is 0 Å². The number of carbonyl (C=O) groups is 1. The van der Waals surface area contributed by atoms with Crippen LogP contribution < -0.4 is 5.32 Å². The number of rotatable bonds is 3. The summed E-state index contributed by atoms with van der Waals surface area (Å²) in [7, 11) is 0. The van der Waals surface area contributed by atoms with Gasteiger partial charge in [0, 0.05) is 11.3 Å². The third kappa shape index (κ3) is 4.33. The van der Waals surface area contributed by atoms with Crippen LogP contribution in [0.15, 0.2) is 0 Å². The molecule has 1 aliphatic carbocycles. The lowest BCUT2D eigenvalue weighted by atomic mass is 9.95. The molecule has 0 heterocycles. The molecule has 3 nitrogen and oxygen atoms in total. The molecule has 0 aromatic rings. The van der Waals surface area contributed by atoms with Crippen molar-refractivity contribution in [1.29, 1.82) is 0 Å². The predicted molar refractivity (Wildman–Crippen MR) is 64.3 cm³/mol. The molecule has 0 radical (unpaired) electrons. The fourth-order valence-corrected chi connectivity index (χ4v) is 2.88. The van der Waals surface area contributed by atoms with Gasteiger partial charge in [-0.3, -0.25) is 0 Å². The SMILES string of the molecule is CSC1CCCCC1NC(=O)OC(C)C. The van der Waals surface area contributed by atoms with Crippen LogP contribution in [-0.2, 0) is 4.74 Å². The van der Waals surface area contributed by atoms with Gasteiger partial charge in [0.15, 0.2) is 0 Å². The lowest BCUT2D eigenvalue weighted by Gasteiger charge is -2.30. The fraction of sp³-hybridized carbons (Fsp3) is 0.909. The minimum absolute atomic E-state index is 0.0404. The number of alkyl carbamates (subject to hydrolysis) is 1. The second kappa shape index (κ2) is 6.26. The molecule has 1 saturated carbocycles. The number of carbonyl (C=O) groups excluding carboxylic acids is 1. The van der Waals surface area contributed by atoms with E-state index in [2.05, 4.69) is 11.6 Å². The van der Waals surface area contributed by atoms with Crippen LogP contribution in [0, 0.1) is 0 Å². The first-order valence-corrected chi connectivity index (χ1v) is 6.92. The van der Waals surface area contributed by atoms with E-state index in [1.165, 1.54) is 19.3 Å². The Bertz CT molecular complexity index is 209. The third-order valence-electron chi connectivity index (χ3n) is 2.65. The maximum Gasteiger partial charge on any atom is 0.407 e.